The fraction of sp³-hybridized carbons (Fsp3) is 0.692. The minimum absolute atomic E-state index is 0.244. The summed E-state index contributed by atoms with van der Waals surface area (Å²) < 4.78 is 5.06. The monoisotopic (exact) mass is 251 g/mol. The summed E-state index contributed by atoms with van der Waals surface area (Å²) >= 11 is 0. The summed E-state index contributed by atoms with van der Waals surface area (Å²) in [5.41, 5.74) is 0.368. The highest BCUT2D eigenvalue weighted by Gasteiger charge is 2.64. The molecule has 0 radical (unpaired) electrons. The molecule has 0 atom stereocenters. The molecule has 1 aromatic rings. The first-order valence-electron chi connectivity index (χ1n) is 6.18. The average molecular weight is 251 g/mol. The van der Waals surface area contributed by atoms with Crippen molar-refractivity contribution in [2.24, 2.45) is 16.7 Å². The van der Waals surface area contributed by atoms with Gasteiger partial charge in [-0.05, 0) is 16.7 Å². The van der Waals surface area contributed by atoms with Crippen LogP contribution in [-0.4, -0.2) is 23.6 Å². The van der Waals surface area contributed by atoms with Crippen LogP contribution in [0.1, 0.15) is 27.7 Å². The van der Waals surface area contributed by atoms with Crippen LogP contribution < -0.4 is 15.6 Å². The van der Waals surface area contributed by atoms with Crippen molar-refractivity contribution in [2.45, 2.75) is 27.7 Å². The van der Waals surface area contributed by atoms with Gasteiger partial charge in [-0.2, -0.15) is 0 Å². The molecule has 0 aliphatic heterocycles. The summed E-state index contributed by atoms with van der Waals surface area (Å²) in [5, 5.41) is 3.22. The topological polar surface area (TPSA) is 67.0 Å². The Bertz CT molecular complexity index is 491. The molecule has 5 nitrogen and oxygen atoms in total. The first-order chi connectivity index (χ1) is 8.32. The molecule has 0 aromatic carbocycles. The number of ether oxygens (including phenoxy) is 1. The summed E-state index contributed by atoms with van der Waals surface area (Å²) in [6.07, 6.45) is 1.39. The Balaban J connectivity index is 2.09. The lowest BCUT2D eigenvalue weighted by atomic mass is 10.0. The minimum Gasteiger partial charge on any atom is -0.489 e. The number of anilines is 1. The van der Waals surface area contributed by atoms with Crippen molar-refractivity contribution in [3.05, 3.63) is 16.7 Å². The Labute approximate surface area is 107 Å². The SMILES string of the molecule is COc1c(NCC2C(C)(C)C2(C)C)nc[nH]c1=O. The molecule has 1 aliphatic carbocycles. The zero-order chi connectivity index (χ0) is 13.6. The van der Waals surface area contributed by atoms with E-state index in [4.69, 9.17) is 4.74 Å². The molecule has 100 valence electrons. The smallest absolute Gasteiger partial charge is 0.295 e. The van der Waals surface area contributed by atoms with Crippen molar-refractivity contribution >= 4 is 5.82 Å². The zero-order valence-corrected chi connectivity index (χ0v) is 11.6. The third-order valence-electron chi connectivity index (χ3n) is 4.81. The highest BCUT2D eigenvalue weighted by Crippen LogP contribution is 2.68. The van der Waals surface area contributed by atoms with Crippen LogP contribution in [0.4, 0.5) is 5.82 Å². The lowest BCUT2D eigenvalue weighted by molar-refractivity contribution is 0.407. The minimum atomic E-state index is -0.260. The quantitative estimate of drug-likeness (QED) is 0.857. The van der Waals surface area contributed by atoms with Crippen molar-refractivity contribution < 1.29 is 4.74 Å². The molecule has 0 saturated heterocycles. The molecular weight excluding hydrogens is 230 g/mol. The van der Waals surface area contributed by atoms with Gasteiger partial charge in [0.1, 0.15) is 0 Å². The molecule has 1 saturated carbocycles. The van der Waals surface area contributed by atoms with Gasteiger partial charge in [-0.25, -0.2) is 4.98 Å². The fourth-order valence-electron chi connectivity index (χ4n) is 2.74. The van der Waals surface area contributed by atoms with Gasteiger partial charge in [0.25, 0.3) is 5.56 Å². The number of methoxy groups -OCH3 is 1. The number of hydrogen-bond donors (Lipinski definition) is 2. The van der Waals surface area contributed by atoms with E-state index in [-0.39, 0.29) is 11.3 Å². The van der Waals surface area contributed by atoms with Gasteiger partial charge in [-0.3, -0.25) is 4.79 Å². The van der Waals surface area contributed by atoms with E-state index in [2.05, 4.69) is 43.0 Å². The Hall–Kier alpha value is -1.52. The highest BCUT2D eigenvalue weighted by atomic mass is 16.5. The molecule has 1 aromatic heterocycles. The number of rotatable bonds is 4. The van der Waals surface area contributed by atoms with Crippen molar-refractivity contribution in [3.8, 4) is 5.75 Å². The maximum atomic E-state index is 11.5. The summed E-state index contributed by atoms with van der Waals surface area (Å²) in [7, 11) is 1.47. The van der Waals surface area contributed by atoms with E-state index >= 15 is 0 Å². The highest BCUT2D eigenvalue weighted by molar-refractivity contribution is 5.48. The molecule has 2 rings (SSSR count). The lowest BCUT2D eigenvalue weighted by Gasteiger charge is -2.09. The van der Waals surface area contributed by atoms with Crippen LogP contribution in [0.5, 0.6) is 5.75 Å². The van der Waals surface area contributed by atoms with Gasteiger partial charge in [0.05, 0.1) is 13.4 Å². The second-order valence-electron chi connectivity index (χ2n) is 5.99. The van der Waals surface area contributed by atoms with E-state index in [9.17, 15) is 4.79 Å². The predicted molar refractivity (Wildman–Crippen MR) is 71.0 cm³/mol. The first-order valence-corrected chi connectivity index (χ1v) is 6.18. The molecule has 1 fully saturated rings. The number of hydrogen-bond acceptors (Lipinski definition) is 4. The van der Waals surface area contributed by atoms with Crippen molar-refractivity contribution in [1.82, 2.24) is 9.97 Å². The Morgan fingerprint density at radius 1 is 1.39 bits per heavy atom. The summed E-state index contributed by atoms with van der Waals surface area (Å²) in [6, 6.07) is 0. The van der Waals surface area contributed by atoms with Crippen molar-refractivity contribution in [2.75, 3.05) is 19.0 Å². The third kappa shape index (κ3) is 1.78. The maximum absolute atomic E-state index is 11.5. The molecule has 0 amide bonds. The Kier molecular flexibility index (Phi) is 2.87. The number of nitrogens with zero attached hydrogens (tertiary/aromatic N) is 1. The van der Waals surface area contributed by atoms with Crippen LogP contribution in [-0.2, 0) is 0 Å². The van der Waals surface area contributed by atoms with Gasteiger partial charge in [0.2, 0.25) is 5.75 Å². The summed E-state index contributed by atoms with van der Waals surface area (Å²) in [6.45, 7) is 9.86. The van der Waals surface area contributed by atoms with Crippen LogP contribution in [0.3, 0.4) is 0 Å². The molecule has 0 spiro atoms. The number of aromatic amines is 1. The van der Waals surface area contributed by atoms with Crippen LogP contribution in [0.2, 0.25) is 0 Å². The van der Waals surface area contributed by atoms with Gasteiger partial charge >= 0.3 is 0 Å². The molecule has 0 bridgehead atoms. The first kappa shape index (κ1) is 12.9. The number of aromatic nitrogens is 2. The van der Waals surface area contributed by atoms with Gasteiger partial charge in [0, 0.05) is 6.54 Å². The normalized spacial score (nSPS) is 20.5. The van der Waals surface area contributed by atoms with E-state index in [0.717, 1.165) is 6.54 Å². The second-order valence-corrected chi connectivity index (χ2v) is 5.99. The Morgan fingerprint density at radius 3 is 2.50 bits per heavy atom. The molecule has 1 heterocycles. The summed E-state index contributed by atoms with van der Waals surface area (Å²) in [5.74, 6) is 1.32. The fourth-order valence-corrected chi connectivity index (χ4v) is 2.74. The van der Waals surface area contributed by atoms with Crippen LogP contribution in [0.25, 0.3) is 0 Å². The van der Waals surface area contributed by atoms with E-state index < -0.39 is 0 Å². The molecular formula is C13H21N3O2. The van der Waals surface area contributed by atoms with Gasteiger partial charge in [0.15, 0.2) is 5.82 Å². The second kappa shape index (κ2) is 4.00. The number of nitrogens with one attached hydrogen (secondary N) is 2. The van der Waals surface area contributed by atoms with E-state index in [0.29, 0.717) is 22.6 Å². The zero-order valence-electron chi connectivity index (χ0n) is 11.6. The van der Waals surface area contributed by atoms with E-state index in [1.54, 1.807) is 0 Å². The van der Waals surface area contributed by atoms with Crippen LogP contribution in [0.15, 0.2) is 11.1 Å². The van der Waals surface area contributed by atoms with Gasteiger partial charge in [-0.1, -0.05) is 27.7 Å². The average Bonchev–Trinajstić information content (AvgIpc) is 2.67. The van der Waals surface area contributed by atoms with Crippen LogP contribution in [0, 0.1) is 16.7 Å². The largest absolute Gasteiger partial charge is 0.489 e. The van der Waals surface area contributed by atoms with Crippen molar-refractivity contribution in [3.63, 3.8) is 0 Å². The Morgan fingerprint density at radius 2 is 2.00 bits per heavy atom. The van der Waals surface area contributed by atoms with E-state index in [1.165, 1.54) is 13.4 Å². The van der Waals surface area contributed by atoms with Gasteiger partial charge < -0.3 is 15.0 Å². The molecule has 1 aliphatic rings. The number of H-pyrrole nitrogens is 1. The molecule has 5 heteroatoms. The van der Waals surface area contributed by atoms with Crippen molar-refractivity contribution in [1.29, 1.82) is 0 Å². The standard InChI is InChI=1S/C13H21N3O2/c1-12(2)8(13(12,3)4)6-14-10-9(18-5)11(17)16-7-15-10/h7-8H,6H2,1-5H3,(H2,14,15,16,17). The molecule has 18 heavy (non-hydrogen) atoms. The summed E-state index contributed by atoms with van der Waals surface area (Å²) in [4.78, 5) is 18.1. The van der Waals surface area contributed by atoms with Crippen LogP contribution >= 0.6 is 0 Å². The maximum Gasteiger partial charge on any atom is 0.295 e. The molecule has 2 N–H and O–H groups in total. The predicted octanol–water partition coefficient (Wildman–Crippen LogP) is 1.87. The van der Waals surface area contributed by atoms with E-state index in [1.807, 2.05) is 0 Å². The lowest BCUT2D eigenvalue weighted by Crippen LogP contribution is -2.16. The van der Waals surface area contributed by atoms with Gasteiger partial charge in [-0.15, -0.1) is 0 Å². The molecule has 0 unspecified atom stereocenters. The third-order valence-corrected chi connectivity index (χ3v) is 4.81.